The Kier molecular flexibility index (Phi) is 5.80. The van der Waals surface area contributed by atoms with E-state index in [0.29, 0.717) is 5.56 Å². The van der Waals surface area contributed by atoms with Crippen LogP contribution in [-0.4, -0.2) is 22.6 Å². The van der Waals surface area contributed by atoms with E-state index in [4.69, 9.17) is 11.6 Å². The Morgan fingerprint density at radius 1 is 1.10 bits per heavy atom. The van der Waals surface area contributed by atoms with Crippen LogP contribution in [0.4, 0.5) is 17.6 Å². The number of halogens is 5. The van der Waals surface area contributed by atoms with Crippen LogP contribution in [0.2, 0.25) is 5.02 Å². The van der Waals surface area contributed by atoms with Crippen molar-refractivity contribution in [2.75, 3.05) is 0 Å². The molecule has 2 aromatic carbocycles. The van der Waals surface area contributed by atoms with E-state index in [-0.39, 0.29) is 27.9 Å². The number of nitrogens with zero attached hydrogens (tertiary/aromatic N) is 1. The molecule has 1 atom stereocenters. The van der Waals surface area contributed by atoms with Gasteiger partial charge in [0.05, 0.1) is 22.5 Å². The molecule has 0 spiro atoms. The van der Waals surface area contributed by atoms with Gasteiger partial charge in [0.2, 0.25) is 0 Å². The third-order valence-corrected chi connectivity index (χ3v) is 4.88. The number of carbonyl (C=O) groups is 1. The van der Waals surface area contributed by atoms with Crippen LogP contribution in [0.5, 0.6) is 0 Å². The number of amides is 1. The topological polar surface area (TPSA) is 42.0 Å². The van der Waals surface area contributed by atoms with Crippen molar-refractivity contribution in [2.45, 2.75) is 31.5 Å². The van der Waals surface area contributed by atoms with E-state index >= 15 is 0 Å². The van der Waals surface area contributed by atoms with Crippen LogP contribution < -0.4 is 5.32 Å². The van der Waals surface area contributed by atoms with Crippen molar-refractivity contribution in [3.63, 3.8) is 0 Å². The van der Waals surface area contributed by atoms with E-state index in [1.54, 1.807) is 30.3 Å². The summed E-state index contributed by atoms with van der Waals surface area (Å²) in [5, 5.41) is 2.60. The molecule has 0 aliphatic carbocycles. The van der Waals surface area contributed by atoms with Gasteiger partial charge in [0.1, 0.15) is 11.3 Å². The summed E-state index contributed by atoms with van der Waals surface area (Å²) in [6, 6.07) is 12.7. The molecule has 3 aromatic rings. The van der Waals surface area contributed by atoms with Crippen LogP contribution in [0.15, 0.2) is 54.7 Å². The average Bonchev–Trinajstić information content (AvgIpc) is 2.61. The van der Waals surface area contributed by atoms with Gasteiger partial charge in [-0.3, -0.25) is 9.78 Å². The van der Waals surface area contributed by atoms with Crippen LogP contribution in [0, 0.1) is 5.82 Å². The maximum Gasteiger partial charge on any atom is 0.391 e. The molecule has 3 rings (SSSR count). The number of alkyl halides is 3. The fourth-order valence-corrected chi connectivity index (χ4v) is 3.58. The summed E-state index contributed by atoms with van der Waals surface area (Å²) in [4.78, 5) is 16.7. The van der Waals surface area contributed by atoms with Gasteiger partial charge in [-0.2, -0.15) is 13.2 Å². The lowest BCUT2D eigenvalue weighted by Crippen LogP contribution is -2.50. The number of hydrogen-bond acceptors (Lipinski definition) is 2. The van der Waals surface area contributed by atoms with Crippen molar-refractivity contribution < 1.29 is 22.4 Å². The lowest BCUT2D eigenvalue weighted by Gasteiger charge is -2.32. The molecular weight excluding hydrogens is 408 g/mol. The van der Waals surface area contributed by atoms with Crippen molar-refractivity contribution in [2.24, 2.45) is 0 Å². The summed E-state index contributed by atoms with van der Waals surface area (Å²) in [5.41, 5.74) is -1.11. The van der Waals surface area contributed by atoms with Crippen LogP contribution >= 0.6 is 11.6 Å². The van der Waals surface area contributed by atoms with E-state index in [0.717, 1.165) is 6.20 Å². The van der Waals surface area contributed by atoms with Crippen LogP contribution in [0.25, 0.3) is 10.9 Å². The Hall–Kier alpha value is -2.67. The molecule has 29 heavy (non-hydrogen) atoms. The number of nitrogens with one attached hydrogen (secondary N) is 1. The summed E-state index contributed by atoms with van der Waals surface area (Å²) in [5.74, 6) is -1.42. The number of benzene rings is 2. The zero-order valence-corrected chi connectivity index (χ0v) is 16.1. The molecule has 0 radical (unpaired) electrons. The Morgan fingerprint density at radius 2 is 1.79 bits per heavy atom. The molecule has 0 saturated heterocycles. The van der Waals surface area contributed by atoms with E-state index in [2.05, 4.69) is 10.3 Å². The second kappa shape index (κ2) is 7.99. The van der Waals surface area contributed by atoms with Crippen molar-refractivity contribution in [3.05, 3.63) is 76.7 Å². The number of carbonyl (C=O) groups excluding carboxylic acids is 1. The molecule has 1 N–H and O–H groups in total. The Labute approximate surface area is 169 Å². The molecular formula is C21H17ClF4N2O. The molecule has 1 aromatic heterocycles. The first-order chi connectivity index (χ1) is 13.6. The van der Waals surface area contributed by atoms with Crippen molar-refractivity contribution in [1.29, 1.82) is 0 Å². The number of rotatable bonds is 5. The van der Waals surface area contributed by atoms with Gasteiger partial charge < -0.3 is 5.32 Å². The van der Waals surface area contributed by atoms with E-state index < -0.39 is 29.9 Å². The molecule has 8 heteroatoms. The first-order valence-corrected chi connectivity index (χ1v) is 9.12. The predicted molar refractivity (Wildman–Crippen MR) is 103 cm³/mol. The van der Waals surface area contributed by atoms with Crippen molar-refractivity contribution >= 4 is 28.4 Å². The zero-order valence-electron chi connectivity index (χ0n) is 15.4. The normalized spacial score (nSPS) is 13.9. The highest BCUT2D eigenvalue weighted by Gasteiger charge is 2.40. The zero-order chi connectivity index (χ0) is 21.2. The molecule has 0 aliphatic heterocycles. The summed E-state index contributed by atoms with van der Waals surface area (Å²) in [6.07, 6.45) is -4.69. The number of pyridine rings is 1. The standard InChI is InChI=1S/C21H17ClF4N2O/c1-20(12-21(24,25)26,10-13-6-3-2-4-7-13)28-19(29)15-11-27-18-14(17(15)22)8-5-9-16(18)23/h2-9,11H,10,12H2,1H3,(H,28,29). The van der Waals surface area contributed by atoms with Crippen LogP contribution in [0.3, 0.4) is 0 Å². The summed E-state index contributed by atoms with van der Waals surface area (Å²) < 4.78 is 53.5. The molecule has 3 nitrogen and oxygen atoms in total. The molecule has 152 valence electrons. The summed E-state index contributed by atoms with van der Waals surface area (Å²) >= 11 is 6.24. The van der Waals surface area contributed by atoms with Gasteiger partial charge in [0.15, 0.2) is 0 Å². The monoisotopic (exact) mass is 424 g/mol. The minimum absolute atomic E-state index is 0.0172. The highest BCUT2D eigenvalue weighted by Crippen LogP contribution is 2.32. The third kappa shape index (κ3) is 5.03. The smallest absolute Gasteiger partial charge is 0.346 e. The van der Waals surface area contributed by atoms with E-state index in [1.165, 1.54) is 25.1 Å². The van der Waals surface area contributed by atoms with Gasteiger partial charge in [0.25, 0.3) is 5.91 Å². The first kappa shape index (κ1) is 21.0. The lowest BCUT2D eigenvalue weighted by atomic mass is 9.88. The number of aromatic nitrogens is 1. The third-order valence-electron chi connectivity index (χ3n) is 4.47. The Bertz CT molecular complexity index is 1040. The predicted octanol–water partition coefficient (Wildman–Crippen LogP) is 5.71. The van der Waals surface area contributed by atoms with E-state index in [9.17, 15) is 22.4 Å². The summed E-state index contributed by atoms with van der Waals surface area (Å²) in [7, 11) is 0. The fraction of sp³-hybridized carbons (Fsp3) is 0.238. The molecule has 0 fully saturated rings. The second-order valence-electron chi connectivity index (χ2n) is 7.09. The maximum atomic E-state index is 13.9. The van der Waals surface area contributed by atoms with Gasteiger partial charge >= 0.3 is 6.18 Å². The van der Waals surface area contributed by atoms with Crippen LogP contribution in [0.1, 0.15) is 29.3 Å². The molecule has 0 saturated carbocycles. The van der Waals surface area contributed by atoms with Gasteiger partial charge in [-0.05, 0) is 25.0 Å². The second-order valence-corrected chi connectivity index (χ2v) is 7.47. The van der Waals surface area contributed by atoms with Gasteiger partial charge in [0, 0.05) is 11.6 Å². The molecule has 1 unspecified atom stereocenters. The van der Waals surface area contributed by atoms with Gasteiger partial charge in [-0.25, -0.2) is 4.39 Å². The molecule has 1 heterocycles. The largest absolute Gasteiger partial charge is 0.391 e. The minimum Gasteiger partial charge on any atom is -0.346 e. The fourth-order valence-electron chi connectivity index (χ4n) is 3.29. The quantitative estimate of drug-likeness (QED) is 0.533. The van der Waals surface area contributed by atoms with Crippen molar-refractivity contribution in [3.8, 4) is 0 Å². The Balaban J connectivity index is 1.94. The lowest BCUT2D eigenvalue weighted by molar-refractivity contribution is -0.147. The number of fused-ring (bicyclic) bond motifs is 1. The maximum absolute atomic E-state index is 13.9. The number of para-hydroxylation sites is 1. The highest BCUT2D eigenvalue weighted by molar-refractivity contribution is 6.38. The van der Waals surface area contributed by atoms with Gasteiger partial charge in [-0.1, -0.05) is 54.1 Å². The highest BCUT2D eigenvalue weighted by atomic mass is 35.5. The average molecular weight is 425 g/mol. The number of hydrogen-bond donors (Lipinski definition) is 1. The molecule has 1 amide bonds. The van der Waals surface area contributed by atoms with Gasteiger partial charge in [-0.15, -0.1) is 0 Å². The molecule has 0 aliphatic rings. The first-order valence-electron chi connectivity index (χ1n) is 8.74. The van der Waals surface area contributed by atoms with Crippen molar-refractivity contribution in [1.82, 2.24) is 10.3 Å². The summed E-state index contributed by atoms with van der Waals surface area (Å²) in [6.45, 7) is 1.33. The molecule has 0 bridgehead atoms. The van der Waals surface area contributed by atoms with E-state index in [1.807, 2.05) is 0 Å². The Morgan fingerprint density at radius 3 is 2.45 bits per heavy atom. The van der Waals surface area contributed by atoms with Crippen LogP contribution in [-0.2, 0) is 6.42 Å². The SMILES string of the molecule is CC(Cc1ccccc1)(CC(F)(F)F)NC(=O)c1cnc2c(F)cccc2c1Cl. The minimum atomic E-state index is -4.49.